The van der Waals surface area contributed by atoms with Gasteiger partial charge in [-0.1, -0.05) is 26.7 Å². The number of hydrogen-bond acceptors (Lipinski definition) is 4. The SMILES string of the molecule is CCCC(CCC)(COc1cnn(C)c1)CS(N)(=O)=O. The van der Waals surface area contributed by atoms with E-state index in [1.165, 1.54) is 0 Å². The number of primary sulfonamides is 1. The van der Waals surface area contributed by atoms with Gasteiger partial charge in [-0.15, -0.1) is 0 Å². The molecule has 0 saturated heterocycles. The highest BCUT2D eigenvalue weighted by Gasteiger charge is 2.34. The average molecular weight is 303 g/mol. The second kappa shape index (κ2) is 7.08. The highest BCUT2D eigenvalue weighted by molar-refractivity contribution is 7.89. The molecule has 0 aromatic carbocycles. The van der Waals surface area contributed by atoms with Crippen LogP contribution < -0.4 is 9.88 Å². The lowest BCUT2D eigenvalue weighted by Crippen LogP contribution is -2.38. The molecule has 0 aliphatic carbocycles. The molecule has 2 N–H and O–H groups in total. The van der Waals surface area contributed by atoms with E-state index in [0.717, 1.165) is 25.7 Å². The second-order valence-corrected chi connectivity index (χ2v) is 7.06. The predicted molar refractivity (Wildman–Crippen MR) is 78.9 cm³/mol. The van der Waals surface area contributed by atoms with Crippen LogP contribution in [0.5, 0.6) is 5.75 Å². The summed E-state index contributed by atoms with van der Waals surface area (Å²) in [6, 6.07) is 0. The minimum Gasteiger partial charge on any atom is -0.490 e. The molecule has 0 aliphatic heterocycles. The molecular formula is C13H25N3O3S. The number of sulfonamides is 1. The Morgan fingerprint density at radius 1 is 1.35 bits per heavy atom. The Hall–Kier alpha value is -1.08. The van der Waals surface area contributed by atoms with Gasteiger partial charge in [0.15, 0.2) is 5.75 Å². The molecule has 0 atom stereocenters. The minimum atomic E-state index is -3.53. The van der Waals surface area contributed by atoms with Crippen LogP contribution in [0.1, 0.15) is 39.5 Å². The lowest BCUT2D eigenvalue weighted by molar-refractivity contribution is 0.141. The summed E-state index contributed by atoms with van der Waals surface area (Å²) in [4.78, 5) is 0. The lowest BCUT2D eigenvalue weighted by Gasteiger charge is -2.32. The van der Waals surface area contributed by atoms with Crippen molar-refractivity contribution in [1.29, 1.82) is 0 Å². The van der Waals surface area contributed by atoms with E-state index in [1.807, 2.05) is 20.9 Å². The van der Waals surface area contributed by atoms with Gasteiger partial charge in [-0.2, -0.15) is 5.10 Å². The Balaban J connectivity index is 2.84. The van der Waals surface area contributed by atoms with Crippen LogP contribution >= 0.6 is 0 Å². The minimum absolute atomic E-state index is 0.0397. The van der Waals surface area contributed by atoms with Crippen molar-refractivity contribution in [2.45, 2.75) is 39.5 Å². The van der Waals surface area contributed by atoms with Crippen molar-refractivity contribution in [3.05, 3.63) is 12.4 Å². The largest absolute Gasteiger partial charge is 0.490 e. The van der Waals surface area contributed by atoms with Crippen LogP contribution in [0.25, 0.3) is 0 Å². The molecule has 0 saturated carbocycles. The number of hydrogen-bond donors (Lipinski definition) is 1. The molecule has 116 valence electrons. The molecule has 20 heavy (non-hydrogen) atoms. The third-order valence-electron chi connectivity index (χ3n) is 3.29. The van der Waals surface area contributed by atoms with Crippen LogP contribution in [0.15, 0.2) is 12.4 Å². The first kappa shape index (κ1) is 17.0. The van der Waals surface area contributed by atoms with Gasteiger partial charge < -0.3 is 4.74 Å². The summed E-state index contributed by atoms with van der Waals surface area (Å²) >= 11 is 0. The molecule has 0 radical (unpaired) electrons. The Morgan fingerprint density at radius 2 is 1.95 bits per heavy atom. The summed E-state index contributed by atoms with van der Waals surface area (Å²) in [5, 5.41) is 9.29. The monoisotopic (exact) mass is 303 g/mol. The zero-order valence-corrected chi connectivity index (χ0v) is 13.3. The zero-order valence-electron chi connectivity index (χ0n) is 12.5. The molecule has 0 bridgehead atoms. The molecule has 1 aromatic heterocycles. The van der Waals surface area contributed by atoms with Crippen LogP contribution in [0.3, 0.4) is 0 Å². The first-order valence-corrected chi connectivity index (χ1v) is 8.64. The van der Waals surface area contributed by atoms with Gasteiger partial charge >= 0.3 is 0 Å². The van der Waals surface area contributed by atoms with E-state index in [4.69, 9.17) is 9.88 Å². The fraction of sp³-hybridized carbons (Fsp3) is 0.769. The maximum atomic E-state index is 11.5. The molecule has 0 fully saturated rings. The summed E-state index contributed by atoms with van der Waals surface area (Å²) in [5.74, 6) is 0.612. The topological polar surface area (TPSA) is 87.2 Å². The summed E-state index contributed by atoms with van der Waals surface area (Å²) in [7, 11) is -1.72. The first-order chi connectivity index (χ1) is 9.30. The molecule has 0 spiro atoms. The quantitative estimate of drug-likeness (QED) is 0.751. The van der Waals surface area contributed by atoms with E-state index in [1.54, 1.807) is 17.1 Å². The third-order valence-corrected chi connectivity index (χ3v) is 4.31. The van der Waals surface area contributed by atoms with E-state index in [0.29, 0.717) is 12.4 Å². The number of ether oxygens (including phenoxy) is 1. The van der Waals surface area contributed by atoms with Gasteiger partial charge in [-0.25, -0.2) is 13.6 Å². The lowest BCUT2D eigenvalue weighted by atomic mass is 9.82. The maximum absolute atomic E-state index is 11.5. The van der Waals surface area contributed by atoms with Crippen molar-refractivity contribution in [3.63, 3.8) is 0 Å². The van der Waals surface area contributed by atoms with E-state index < -0.39 is 15.4 Å². The van der Waals surface area contributed by atoms with Gasteiger partial charge in [-0.05, 0) is 12.8 Å². The Morgan fingerprint density at radius 3 is 2.35 bits per heavy atom. The van der Waals surface area contributed by atoms with Gasteiger partial charge in [-0.3, -0.25) is 4.68 Å². The first-order valence-electron chi connectivity index (χ1n) is 6.92. The fourth-order valence-electron chi connectivity index (χ4n) is 2.65. The predicted octanol–water partition coefficient (Wildman–Crippen LogP) is 1.67. The number of nitrogens with zero attached hydrogens (tertiary/aromatic N) is 2. The molecule has 1 rings (SSSR count). The normalized spacial score (nSPS) is 12.6. The van der Waals surface area contributed by atoms with Gasteiger partial charge in [0.05, 0.1) is 24.8 Å². The van der Waals surface area contributed by atoms with Crippen molar-refractivity contribution in [2.75, 3.05) is 12.4 Å². The van der Waals surface area contributed by atoms with Gasteiger partial charge in [0.25, 0.3) is 0 Å². The van der Waals surface area contributed by atoms with Crippen LogP contribution in [-0.2, 0) is 17.1 Å². The Bertz CT molecular complexity index is 505. The number of aromatic nitrogens is 2. The number of rotatable bonds is 9. The van der Waals surface area contributed by atoms with Crippen LogP contribution in [0.4, 0.5) is 0 Å². The average Bonchev–Trinajstić information content (AvgIpc) is 2.71. The smallest absolute Gasteiger partial charge is 0.209 e. The summed E-state index contributed by atoms with van der Waals surface area (Å²) in [5.41, 5.74) is -0.424. The van der Waals surface area contributed by atoms with Crippen molar-refractivity contribution in [2.24, 2.45) is 17.6 Å². The molecule has 0 aliphatic rings. The third kappa shape index (κ3) is 5.50. The van der Waals surface area contributed by atoms with E-state index in [9.17, 15) is 8.42 Å². The van der Waals surface area contributed by atoms with Crippen molar-refractivity contribution in [3.8, 4) is 5.75 Å². The highest BCUT2D eigenvalue weighted by Crippen LogP contribution is 2.32. The molecule has 7 heteroatoms. The number of nitrogens with two attached hydrogens (primary N) is 1. The molecule has 0 amide bonds. The van der Waals surface area contributed by atoms with E-state index in [-0.39, 0.29) is 5.75 Å². The van der Waals surface area contributed by atoms with Crippen LogP contribution in [0.2, 0.25) is 0 Å². The second-order valence-electron chi connectivity index (χ2n) is 5.45. The van der Waals surface area contributed by atoms with Gasteiger partial charge in [0.2, 0.25) is 10.0 Å². The van der Waals surface area contributed by atoms with E-state index in [2.05, 4.69) is 5.10 Å². The summed E-state index contributed by atoms with van der Waals surface area (Å²) in [6.07, 6.45) is 6.73. The van der Waals surface area contributed by atoms with E-state index >= 15 is 0 Å². The Labute approximate surface area is 121 Å². The summed E-state index contributed by atoms with van der Waals surface area (Å²) < 4.78 is 30.4. The summed E-state index contributed by atoms with van der Waals surface area (Å²) in [6.45, 7) is 4.42. The van der Waals surface area contributed by atoms with Crippen LogP contribution in [0, 0.1) is 5.41 Å². The highest BCUT2D eigenvalue weighted by atomic mass is 32.2. The molecule has 0 unspecified atom stereocenters. The number of aryl methyl sites for hydroxylation is 1. The van der Waals surface area contributed by atoms with Crippen LogP contribution in [-0.4, -0.2) is 30.6 Å². The van der Waals surface area contributed by atoms with Crippen molar-refractivity contribution < 1.29 is 13.2 Å². The molecule has 6 nitrogen and oxygen atoms in total. The fourth-order valence-corrected chi connectivity index (χ4v) is 3.88. The Kier molecular flexibility index (Phi) is 6.01. The standard InChI is InChI=1S/C13H25N3O3S/c1-4-6-13(7-5-2,11-20(14,17)18)10-19-12-8-15-16(3)9-12/h8-9H,4-7,10-11H2,1-3H3,(H2,14,17,18). The van der Waals surface area contributed by atoms with Crippen molar-refractivity contribution in [1.82, 2.24) is 9.78 Å². The molecule has 1 heterocycles. The molecule has 1 aromatic rings. The maximum Gasteiger partial charge on any atom is 0.209 e. The zero-order chi connectivity index (χ0) is 15.2. The van der Waals surface area contributed by atoms with Gasteiger partial charge in [0, 0.05) is 12.5 Å². The van der Waals surface area contributed by atoms with Gasteiger partial charge in [0.1, 0.15) is 0 Å². The molecular weight excluding hydrogens is 278 g/mol. The van der Waals surface area contributed by atoms with Crippen molar-refractivity contribution >= 4 is 10.0 Å².